The van der Waals surface area contributed by atoms with Gasteiger partial charge in [-0.1, -0.05) is 0 Å². The van der Waals surface area contributed by atoms with Crippen LogP contribution in [0.25, 0.3) is 0 Å². The molecule has 19 heavy (non-hydrogen) atoms. The predicted molar refractivity (Wildman–Crippen MR) is 70.4 cm³/mol. The van der Waals surface area contributed by atoms with Crippen molar-refractivity contribution in [2.75, 3.05) is 6.61 Å². The summed E-state index contributed by atoms with van der Waals surface area (Å²) in [7, 11) is 0. The SMILES string of the molecule is CCOC(=O)c1cnc2c(c1)C1(CC1)CC(C)(C)O2. The lowest BCUT2D eigenvalue weighted by molar-refractivity contribution is 0.0520. The van der Waals surface area contributed by atoms with Gasteiger partial charge in [0, 0.05) is 17.2 Å². The largest absolute Gasteiger partial charge is 0.471 e. The van der Waals surface area contributed by atoms with Gasteiger partial charge in [0.05, 0.1) is 12.2 Å². The van der Waals surface area contributed by atoms with Crippen LogP contribution in [0.15, 0.2) is 12.3 Å². The summed E-state index contributed by atoms with van der Waals surface area (Å²) in [6, 6.07) is 1.91. The lowest BCUT2D eigenvalue weighted by Crippen LogP contribution is -2.38. The molecule has 1 aromatic rings. The van der Waals surface area contributed by atoms with E-state index in [0.29, 0.717) is 18.1 Å². The molecule has 1 aromatic heterocycles. The Kier molecular flexibility index (Phi) is 2.59. The van der Waals surface area contributed by atoms with Crippen LogP contribution in [0.4, 0.5) is 0 Å². The van der Waals surface area contributed by atoms with Crippen LogP contribution in [0.5, 0.6) is 5.88 Å². The molecule has 2 heterocycles. The zero-order valence-corrected chi connectivity index (χ0v) is 11.7. The Morgan fingerprint density at radius 1 is 1.47 bits per heavy atom. The van der Waals surface area contributed by atoms with Gasteiger partial charge in [0.1, 0.15) is 5.60 Å². The molecule has 0 atom stereocenters. The van der Waals surface area contributed by atoms with Crippen molar-refractivity contribution >= 4 is 5.97 Å². The van der Waals surface area contributed by atoms with Crippen molar-refractivity contribution in [3.63, 3.8) is 0 Å². The molecule has 0 unspecified atom stereocenters. The number of nitrogens with zero attached hydrogens (tertiary/aromatic N) is 1. The van der Waals surface area contributed by atoms with Gasteiger partial charge >= 0.3 is 5.97 Å². The van der Waals surface area contributed by atoms with Crippen LogP contribution in [-0.4, -0.2) is 23.2 Å². The molecule has 1 aliphatic carbocycles. The highest BCUT2D eigenvalue weighted by Crippen LogP contribution is 2.58. The van der Waals surface area contributed by atoms with E-state index < -0.39 is 0 Å². The van der Waals surface area contributed by atoms with Crippen LogP contribution >= 0.6 is 0 Å². The lowest BCUT2D eigenvalue weighted by Gasteiger charge is -2.37. The van der Waals surface area contributed by atoms with Gasteiger partial charge in [-0.15, -0.1) is 0 Å². The number of hydrogen-bond acceptors (Lipinski definition) is 4. The zero-order valence-electron chi connectivity index (χ0n) is 11.7. The highest BCUT2D eigenvalue weighted by Gasteiger charge is 2.53. The molecule has 2 aliphatic rings. The molecular weight excluding hydrogens is 242 g/mol. The number of esters is 1. The minimum Gasteiger partial charge on any atom is -0.471 e. The average molecular weight is 261 g/mol. The van der Waals surface area contributed by atoms with Gasteiger partial charge in [-0.25, -0.2) is 9.78 Å². The number of fused-ring (bicyclic) bond motifs is 2. The minimum atomic E-state index is -0.307. The van der Waals surface area contributed by atoms with Crippen molar-refractivity contribution in [3.8, 4) is 5.88 Å². The zero-order chi connectivity index (χ0) is 13.7. The van der Waals surface area contributed by atoms with E-state index in [1.54, 1.807) is 13.1 Å². The van der Waals surface area contributed by atoms with Crippen LogP contribution in [-0.2, 0) is 10.2 Å². The molecule has 1 saturated carbocycles. The number of hydrogen-bond donors (Lipinski definition) is 0. The summed E-state index contributed by atoms with van der Waals surface area (Å²) in [6.07, 6.45) is 4.84. The van der Waals surface area contributed by atoms with Crippen molar-refractivity contribution in [2.24, 2.45) is 0 Å². The summed E-state index contributed by atoms with van der Waals surface area (Å²) >= 11 is 0. The van der Waals surface area contributed by atoms with E-state index in [1.807, 2.05) is 6.07 Å². The molecule has 1 aliphatic heterocycles. The summed E-state index contributed by atoms with van der Waals surface area (Å²) in [5.41, 5.74) is 1.60. The molecule has 0 N–H and O–H groups in total. The number of carbonyl (C=O) groups excluding carboxylic acids is 1. The van der Waals surface area contributed by atoms with Crippen molar-refractivity contribution in [3.05, 3.63) is 23.4 Å². The third-order valence-corrected chi connectivity index (χ3v) is 3.92. The van der Waals surface area contributed by atoms with Gasteiger partial charge in [0.25, 0.3) is 0 Å². The van der Waals surface area contributed by atoms with Gasteiger partial charge in [0.2, 0.25) is 5.88 Å². The topological polar surface area (TPSA) is 48.4 Å². The quantitative estimate of drug-likeness (QED) is 0.768. The molecule has 0 radical (unpaired) electrons. The fourth-order valence-electron chi connectivity index (χ4n) is 3.04. The standard InChI is InChI=1S/C15H19NO3/c1-4-18-13(17)10-7-11-12(16-8-10)19-14(2,3)9-15(11)5-6-15/h7-8H,4-6,9H2,1-3H3. The van der Waals surface area contributed by atoms with Crippen molar-refractivity contribution < 1.29 is 14.3 Å². The highest BCUT2D eigenvalue weighted by atomic mass is 16.5. The molecule has 4 nitrogen and oxygen atoms in total. The summed E-state index contributed by atoms with van der Waals surface area (Å²) in [5.74, 6) is 0.375. The molecule has 4 heteroatoms. The van der Waals surface area contributed by atoms with E-state index in [2.05, 4.69) is 18.8 Å². The molecule has 0 amide bonds. The molecule has 0 bridgehead atoms. The molecule has 1 spiro atoms. The summed E-state index contributed by atoms with van der Waals surface area (Å²) < 4.78 is 11.0. The Morgan fingerprint density at radius 2 is 2.21 bits per heavy atom. The second kappa shape index (κ2) is 3.95. The highest BCUT2D eigenvalue weighted by molar-refractivity contribution is 5.89. The number of aromatic nitrogens is 1. The first-order chi connectivity index (χ1) is 8.96. The molecule has 0 aromatic carbocycles. The maximum absolute atomic E-state index is 11.8. The van der Waals surface area contributed by atoms with Gasteiger partial charge in [-0.3, -0.25) is 0 Å². The maximum atomic E-state index is 11.8. The van der Waals surface area contributed by atoms with Gasteiger partial charge in [-0.05, 0) is 46.1 Å². The number of rotatable bonds is 2. The van der Waals surface area contributed by atoms with Crippen LogP contribution in [0.1, 0.15) is 56.0 Å². The third-order valence-electron chi connectivity index (χ3n) is 3.92. The molecule has 1 fully saturated rings. The maximum Gasteiger partial charge on any atom is 0.339 e. The summed E-state index contributed by atoms with van der Waals surface area (Å²) in [4.78, 5) is 16.1. The summed E-state index contributed by atoms with van der Waals surface area (Å²) in [6.45, 7) is 6.37. The molecule has 0 saturated heterocycles. The Labute approximate surface area is 113 Å². The van der Waals surface area contributed by atoms with Gasteiger partial charge in [0.15, 0.2) is 0 Å². The van der Waals surface area contributed by atoms with Crippen molar-refractivity contribution in [1.82, 2.24) is 4.98 Å². The Balaban J connectivity index is 1.99. The molecule has 102 valence electrons. The lowest BCUT2D eigenvalue weighted by atomic mass is 9.82. The van der Waals surface area contributed by atoms with Crippen LogP contribution in [0, 0.1) is 0 Å². The Morgan fingerprint density at radius 3 is 2.84 bits per heavy atom. The average Bonchev–Trinajstić information content (AvgIpc) is 3.08. The summed E-state index contributed by atoms with van der Waals surface area (Å²) in [5, 5.41) is 0. The second-order valence-electron chi connectivity index (χ2n) is 6.12. The Bertz CT molecular complexity index is 532. The van der Waals surface area contributed by atoms with E-state index in [1.165, 1.54) is 0 Å². The van der Waals surface area contributed by atoms with E-state index in [0.717, 1.165) is 24.8 Å². The van der Waals surface area contributed by atoms with E-state index in [-0.39, 0.29) is 17.0 Å². The third kappa shape index (κ3) is 2.09. The monoisotopic (exact) mass is 261 g/mol. The van der Waals surface area contributed by atoms with Crippen molar-refractivity contribution in [2.45, 2.75) is 51.0 Å². The van der Waals surface area contributed by atoms with E-state index in [9.17, 15) is 4.79 Å². The first-order valence-corrected chi connectivity index (χ1v) is 6.82. The number of pyridine rings is 1. The smallest absolute Gasteiger partial charge is 0.339 e. The van der Waals surface area contributed by atoms with Gasteiger partial charge in [-0.2, -0.15) is 0 Å². The predicted octanol–water partition coefficient (Wildman–Crippen LogP) is 2.85. The Hall–Kier alpha value is -1.58. The van der Waals surface area contributed by atoms with Gasteiger partial charge < -0.3 is 9.47 Å². The van der Waals surface area contributed by atoms with Crippen molar-refractivity contribution in [1.29, 1.82) is 0 Å². The second-order valence-corrected chi connectivity index (χ2v) is 6.12. The van der Waals surface area contributed by atoms with Crippen LogP contribution < -0.4 is 4.74 Å². The fourth-order valence-corrected chi connectivity index (χ4v) is 3.04. The minimum absolute atomic E-state index is 0.173. The first kappa shape index (κ1) is 12.5. The van der Waals surface area contributed by atoms with Crippen LogP contribution in [0.3, 0.4) is 0 Å². The normalized spacial score (nSPS) is 21.4. The number of carbonyl (C=O) groups is 1. The molecule has 3 rings (SSSR count). The molecular formula is C15H19NO3. The van der Waals surface area contributed by atoms with Crippen LogP contribution in [0.2, 0.25) is 0 Å². The first-order valence-electron chi connectivity index (χ1n) is 6.82. The number of ether oxygens (including phenoxy) is 2. The van der Waals surface area contributed by atoms with E-state index in [4.69, 9.17) is 9.47 Å². The fraction of sp³-hybridized carbons (Fsp3) is 0.600. The van der Waals surface area contributed by atoms with E-state index >= 15 is 0 Å².